The maximum Gasteiger partial charge on any atom is 0.341 e. The van der Waals surface area contributed by atoms with Crippen LogP contribution in [0, 0.1) is 11.3 Å². The topological polar surface area (TPSA) is 78.6 Å². The van der Waals surface area contributed by atoms with Crippen molar-refractivity contribution in [2.24, 2.45) is 11.3 Å². The molecule has 1 fully saturated rings. The molecule has 1 unspecified atom stereocenters. The van der Waals surface area contributed by atoms with Crippen molar-refractivity contribution < 1.29 is 19.1 Å². The number of esters is 2. The highest BCUT2D eigenvalue weighted by molar-refractivity contribution is 7.16. The van der Waals surface area contributed by atoms with Crippen LogP contribution in [0.4, 0.5) is 5.00 Å². The van der Waals surface area contributed by atoms with Gasteiger partial charge in [0.25, 0.3) is 0 Å². The van der Waals surface area contributed by atoms with Gasteiger partial charge in [0, 0.05) is 11.8 Å². The normalized spacial score (nSPS) is 21.9. The second-order valence-electron chi connectivity index (χ2n) is 7.73. The maximum absolute atomic E-state index is 12.3. The zero-order valence-corrected chi connectivity index (χ0v) is 16.6. The highest BCUT2D eigenvalue weighted by Gasteiger charge is 2.41. The van der Waals surface area contributed by atoms with Gasteiger partial charge in [-0.15, -0.1) is 11.3 Å². The Morgan fingerprint density at radius 1 is 1.31 bits per heavy atom. The van der Waals surface area contributed by atoms with Crippen LogP contribution in [0.15, 0.2) is 0 Å². The third kappa shape index (κ3) is 4.40. The molecule has 2 aliphatic rings. The minimum absolute atomic E-state index is 0.211. The summed E-state index contributed by atoms with van der Waals surface area (Å²) >= 11 is 1.56. The minimum atomic E-state index is -0.285. The number of fused-ring (bicyclic) bond motifs is 1. The van der Waals surface area contributed by atoms with Crippen molar-refractivity contribution in [1.82, 2.24) is 0 Å². The van der Waals surface area contributed by atoms with E-state index in [1.165, 1.54) is 31.1 Å². The first kappa shape index (κ1) is 19.2. The molecule has 5 nitrogen and oxygen atoms in total. The van der Waals surface area contributed by atoms with Gasteiger partial charge in [-0.3, -0.25) is 4.79 Å². The second kappa shape index (κ2) is 7.99. The Balaban J connectivity index is 1.74. The Hall–Kier alpha value is -1.56. The monoisotopic (exact) mass is 379 g/mol. The predicted molar refractivity (Wildman–Crippen MR) is 102 cm³/mol. The molecule has 0 spiro atoms. The van der Waals surface area contributed by atoms with Gasteiger partial charge in [0.2, 0.25) is 0 Å². The summed E-state index contributed by atoms with van der Waals surface area (Å²) in [5.74, 6) is 0.344. The lowest BCUT2D eigenvalue weighted by Crippen LogP contribution is -2.30. The summed E-state index contributed by atoms with van der Waals surface area (Å²) in [5, 5.41) is 0.593. The summed E-state index contributed by atoms with van der Waals surface area (Å²) in [6.45, 7) is 4.13. The summed E-state index contributed by atoms with van der Waals surface area (Å²) < 4.78 is 10.3. The average molecular weight is 380 g/mol. The van der Waals surface area contributed by atoms with Gasteiger partial charge in [-0.1, -0.05) is 12.8 Å². The van der Waals surface area contributed by atoms with E-state index in [-0.39, 0.29) is 17.4 Å². The lowest BCUT2D eigenvalue weighted by molar-refractivity contribution is -0.141. The van der Waals surface area contributed by atoms with E-state index in [0.29, 0.717) is 23.8 Å². The first-order chi connectivity index (χ1) is 12.4. The molecule has 1 saturated carbocycles. The molecule has 1 aromatic heterocycles. The van der Waals surface area contributed by atoms with Crippen LogP contribution in [0.5, 0.6) is 0 Å². The molecule has 0 aromatic carbocycles. The fraction of sp³-hybridized carbons (Fsp3) is 0.700. The fourth-order valence-electron chi connectivity index (χ4n) is 4.27. The van der Waals surface area contributed by atoms with E-state index in [1.807, 2.05) is 6.92 Å². The Morgan fingerprint density at radius 3 is 2.73 bits per heavy atom. The molecule has 0 bridgehead atoms. The summed E-state index contributed by atoms with van der Waals surface area (Å²) in [6.07, 6.45) is 8.79. The van der Waals surface area contributed by atoms with Crippen LogP contribution in [0.25, 0.3) is 0 Å². The van der Waals surface area contributed by atoms with E-state index in [0.717, 1.165) is 43.6 Å². The summed E-state index contributed by atoms with van der Waals surface area (Å²) in [6, 6.07) is 0. The van der Waals surface area contributed by atoms with Crippen molar-refractivity contribution in [2.45, 2.75) is 65.2 Å². The highest BCUT2D eigenvalue weighted by Crippen LogP contribution is 2.51. The van der Waals surface area contributed by atoms with Crippen molar-refractivity contribution in [3.8, 4) is 0 Å². The van der Waals surface area contributed by atoms with E-state index < -0.39 is 0 Å². The molecular weight excluding hydrogens is 350 g/mol. The van der Waals surface area contributed by atoms with E-state index >= 15 is 0 Å². The van der Waals surface area contributed by atoms with E-state index in [2.05, 4.69) is 0 Å². The van der Waals surface area contributed by atoms with Crippen LogP contribution in [0.3, 0.4) is 0 Å². The molecule has 1 heterocycles. The van der Waals surface area contributed by atoms with Crippen LogP contribution in [-0.2, 0) is 27.1 Å². The summed E-state index contributed by atoms with van der Waals surface area (Å²) in [4.78, 5) is 24.5. The molecule has 1 atom stereocenters. The molecule has 2 aliphatic carbocycles. The lowest BCUT2D eigenvalue weighted by Gasteiger charge is -2.38. The van der Waals surface area contributed by atoms with Crippen LogP contribution in [0.1, 0.15) is 73.2 Å². The van der Waals surface area contributed by atoms with E-state index in [1.54, 1.807) is 11.3 Å². The van der Waals surface area contributed by atoms with Crippen molar-refractivity contribution in [1.29, 1.82) is 0 Å². The second-order valence-corrected chi connectivity index (χ2v) is 8.87. The molecule has 0 aliphatic heterocycles. The zero-order valence-electron chi connectivity index (χ0n) is 15.8. The number of thiophene rings is 1. The molecule has 2 N–H and O–H groups in total. The highest BCUT2D eigenvalue weighted by atomic mass is 32.1. The maximum atomic E-state index is 12.3. The molecular formula is C20H29NO4S. The first-order valence-corrected chi connectivity index (χ1v) is 10.5. The Labute approximate surface area is 159 Å². The molecule has 0 saturated heterocycles. The molecule has 3 rings (SSSR count). The number of carbonyl (C=O) groups is 2. The van der Waals surface area contributed by atoms with Crippen molar-refractivity contribution >= 4 is 28.3 Å². The average Bonchev–Trinajstić information content (AvgIpc) is 3.31. The van der Waals surface area contributed by atoms with Gasteiger partial charge >= 0.3 is 11.9 Å². The standard InChI is InChI=1S/C20H29NO4S/c1-3-24-19(23)17-15-7-9-20(11-14-5-6-14,8-4-10-25-13(2)22)12-16(15)26-18(17)21/h14H,3-12,21H2,1-2H3. The van der Waals surface area contributed by atoms with Crippen LogP contribution in [-0.4, -0.2) is 25.2 Å². The lowest BCUT2D eigenvalue weighted by atomic mass is 9.68. The van der Waals surface area contributed by atoms with Gasteiger partial charge in [-0.2, -0.15) is 0 Å². The smallest absolute Gasteiger partial charge is 0.341 e. The summed E-state index contributed by atoms with van der Waals surface area (Å²) in [7, 11) is 0. The third-order valence-electron chi connectivity index (χ3n) is 5.61. The number of ether oxygens (including phenoxy) is 2. The number of nitrogens with two attached hydrogens (primary N) is 1. The molecule has 0 amide bonds. The van der Waals surface area contributed by atoms with Crippen LogP contribution >= 0.6 is 11.3 Å². The zero-order chi connectivity index (χ0) is 18.7. The first-order valence-electron chi connectivity index (χ1n) is 9.64. The number of rotatable bonds is 8. The number of nitrogen functional groups attached to an aromatic ring is 1. The van der Waals surface area contributed by atoms with Crippen LogP contribution in [0.2, 0.25) is 0 Å². The molecule has 6 heteroatoms. The largest absolute Gasteiger partial charge is 0.466 e. The molecule has 26 heavy (non-hydrogen) atoms. The number of anilines is 1. The molecule has 144 valence electrons. The fourth-order valence-corrected chi connectivity index (χ4v) is 5.55. The Morgan fingerprint density at radius 2 is 2.08 bits per heavy atom. The van der Waals surface area contributed by atoms with Gasteiger partial charge < -0.3 is 15.2 Å². The molecule has 0 radical (unpaired) electrons. The van der Waals surface area contributed by atoms with Gasteiger partial charge in [-0.05, 0) is 62.3 Å². The third-order valence-corrected chi connectivity index (χ3v) is 6.67. The van der Waals surface area contributed by atoms with Gasteiger partial charge in [0.05, 0.1) is 18.8 Å². The van der Waals surface area contributed by atoms with Crippen LogP contribution < -0.4 is 5.73 Å². The quantitative estimate of drug-likeness (QED) is 0.543. The van der Waals surface area contributed by atoms with E-state index in [9.17, 15) is 9.59 Å². The number of carbonyl (C=O) groups excluding carboxylic acids is 2. The van der Waals surface area contributed by atoms with Gasteiger partial charge in [0.1, 0.15) is 5.00 Å². The Kier molecular flexibility index (Phi) is 5.90. The minimum Gasteiger partial charge on any atom is -0.466 e. The summed E-state index contributed by atoms with van der Waals surface area (Å²) in [5.41, 5.74) is 8.13. The number of hydrogen-bond acceptors (Lipinski definition) is 6. The van der Waals surface area contributed by atoms with E-state index in [4.69, 9.17) is 15.2 Å². The van der Waals surface area contributed by atoms with Crippen molar-refractivity contribution in [2.75, 3.05) is 18.9 Å². The predicted octanol–water partition coefficient (Wildman–Crippen LogP) is 4.13. The van der Waals surface area contributed by atoms with Crippen molar-refractivity contribution in [3.05, 3.63) is 16.0 Å². The van der Waals surface area contributed by atoms with Gasteiger partial charge in [-0.25, -0.2) is 4.79 Å². The van der Waals surface area contributed by atoms with Crippen molar-refractivity contribution in [3.63, 3.8) is 0 Å². The molecule has 1 aromatic rings. The number of hydrogen-bond donors (Lipinski definition) is 1. The Bertz CT molecular complexity index is 680. The SMILES string of the molecule is CCOC(=O)c1c(N)sc2c1CCC(CCCOC(C)=O)(CC1CC1)C2. The van der Waals surface area contributed by atoms with Gasteiger partial charge in [0.15, 0.2) is 0 Å².